The Balaban J connectivity index is 0. The second kappa shape index (κ2) is 12.2. The van der Waals surface area contributed by atoms with Gasteiger partial charge >= 0.3 is 5.97 Å². The van der Waals surface area contributed by atoms with Crippen molar-refractivity contribution in [1.29, 1.82) is 0 Å². The van der Waals surface area contributed by atoms with Gasteiger partial charge < -0.3 is 10.8 Å². The summed E-state index contributed by atoms with van der Waals surface area (Å²) in [5.41, 5.74) is 9.05. The molecule has 0 unspecified atom stereocenters. The summed E-state index contributed by atoms with van der Waals surface area (Å²) < 4.78 is 0. The second-order valence-electron chi connectivity index (χ2n) is 5.74. The number of benzene rings is 1. The Morgan fingerprint density at radius 1 is 0.957 bits per heavy atom. The van der Waals surface area contributed by atoms with Gasteiger partial charge in [-0.2, -0.15) is 0 Å². The van der Waals surface area contributed by atoms with E-state index in [1.165, 1.54) is 6.92 Å². The first-order valence-electron chi connectivity index (χ1n) is 7.25. The first kappa shape index (κ1) is 25.0. The van der Waals surface area contributed by atoms with Crippen LogP contribution in [0.15, 0.2) is 0 Å². The number of Topliss-reactive ketones (excluding diaryl/α,β-unsaturated/α-hetero) is 1. The fourth-order valence-electron chi connectivity index (χ4n) is 2.02. The van der Waals surface area contributed by atoms with Crippen molar-refractivity contribution in [1.82, 2.24) is 0 Å². The van der Waals surface area contributed by atoms with Gasteiger partial charge in [0.05, 0.1) is 5.56 Å². The standard InChI is InChI=1S/C13H16O3.C4H11N.I2/c1-6-7(2)9(4)12(13(15)16)11(8(6)3)10(5)14;1-4(2)3-5;1-2/h1-5H3,(H,15,16);4H,3,5H2,1-2H3;. The monoisotopic (exact) mass is 547 g/mol. The van der Waals surface area contributed by atoms with Crippen molar-refractivity contribution in [3.8, 4) is 0 Å². The number of nitrogens with two attached hydrogens (primary N) is 1. The van der Waals surface area contributed by atoms with E-state index >= 15 is 0 Å². The molecule has 0 aliphatic carbocycles. The zero-order valence-electron chi connectivity index (χ0n) is 14.9. The number of hydrogen-bond donors (Lipinski definition) is 2. The molecule has 0 heterocycles. The molecule has 0 fully saturated rings. The number of aromatic carboxylic acids is 1. The molecule has 0 saturated carbocycles. The van der Waals surface area contributed by atoms with Gasteiger partial charge in [-0.3, -0.25) is 4.79 Å². The van der Waals surface area contributed by atoms with Crippen molar-refractivity contribution >= 4 is 49.0 Å². The van der Waals surface area contributed by atoms with Gasteiger partial charge in [-0.25, -0.2) is 4.79 Å². The molecule has 0 radical (unpaired) electrons. The van der Waals surface area contributed by atoms with Crippen LogP contribution in [0, 0.1) is 33.6 Å². The lowest BCUT2D eigenvalue weighted by Gasteiger charge is -2.16. The Morgan fingerprint density at radius 3 is 1.48 bits per heavy atom. The number of carbonyl (C=O) groups is 2. The molecule has 0 saturated heterocycles. The van der Waals surface area contributed by atoms with Crippen LogP contribution in [0.3, 0.4) is 0 Å². The lowest BCUT2D eigenvalue weighted by Crippen LogP contribution is -2.13. The van der Waals surface area contributed by atoms with E-state index in [1.807, 2.05) is 13.8 Å². The lowest BCUT2D eigenvalue weighted by molar-refractivity contribution is 0.0691. The van der Waals surface area contributed by atoms with Crippen LogP contribution in [0.4, 0.5) is 0 Å². The molecule has 1 aromatic carbocycles. The van der Waals surface area contributed by atoms with Crippen LogP contribution in [0.1, 0.15) is 63.7 Å². The molecule has 1 aromatic rings. The highest BCUT2D eigenvalue weighted by molar-refractivity contribution is 15.0. The van der Waals surface area contributed by atoms with Crippen LogP contribution in [0.2, 0.25) is 0 Å². The Labute approximate surface area is 162 Å². The summed E-state index contributed by atoms with van der Waals surface area (Å²) >= 11 is 4.24. The number of ketones is 1. The molecule has 23 heavy (non-hydrogen) atoms. The van der Waals surface area contributed by atoms with E-state index in [9.17, 15) is 14.7 Å². The summed E-state index contributed by atoms with van der Waals surface area (Å²) in [5.74, 6) is -0.565. The molecule has 0 spiro atoms. The van der Waals surface area contributed by atoms with Crippen molar-refractivity contribution < 1.29 is 14.7 Å². The van der Waals surface area contributed by atoms with Crippen LogP contribution >= 0.6 is 37.2 Å². The average Bonchev–Trinajstić information content (AvgIpc) is 2.50. The largest absolute Gasteiger partial charge is 0.478 e. The summed E-state index contributed by atoms with van der Waals surface area (Å²) in [6.07, 6.45) is 0. The SMILES string of the molecule is CC(=O)c1c(C)c(C)c(C)c(C)c1C(=O)O.CC(C)CN.II. The second-order valence-corrected chi connectivity index (χ2v) is 5.74. The van der Waals surface area contributed by atoms with Gasteiger partial charge in [-0.15, -0.1) is 0 Å². The highest BCUT2D eigenvalue weighted by Crippen LogP contribution is 2.27. The van der Waals surface area contributed by atoms with Gasteiger partial charge in [-0.1, -0.05) is 13.8 Å². The van der Waals surface area contributed by atoms with E-state index in [-0.39, 0.29) is 11.3 Å². The normalized spacial score (nSPS) is 9.52. The van der Waals surface area contributed by atoms with E-state index in [0.717, 1.165) is 23.2 Å². The predicted octanol–water partition coefficient (Wildman–Crippen LogP) is 5.19. The number of halogens is 2. The van der Waals surface area contributed by atoms with Crippen molar-refractivity contribution in [3.05, 3.63) is 33.4 Å². The number of hydrogen-bond acceptors (Lipinski definition) is 3. The Bertz CT molecular complexity index is 511. The van der Waals surface area contributed by atoms with Gasteiger partial charge in [0.2, 0.25) is 0 Å². The Morgan fingerprint density at radius 2 is 1.26 bits per heavy atom. The maximum absolute atomic E-state index is 11.5. The maximum atomic E-state index is 11.5. The zero-order chi connectivity index (χ0) is 18.9. The minimum Gasteiger partial charge on any atom is -0.478 e. The summed E-state index contributed by atoms with van der Waals surface area (Å²) in [5, 5.41) is 9.18. The van der Waals surface area contributed by atoms with Crippen LogP contribution in [-0.4, -0.2) is 23.4 Å². The van der Waals surface area contributed by atoms with E-state index < -0.39 is 5.97 Å². The smallest absolute Gasteiger partial charge is 0.336 e. The van der Waals surface area contributed by atoms with Crippen LogP contribution in [-0.2, 0) is 0 Å². The molecule has 0 aromatic heterocycles. The third kappa shape index (κ3) is 7.47. The molecule has 6 heteroatoms. The third-order valence-corrected chi connectivity index (χ3v) is 3.72. The average molecular weight is 547 g/mol. The quantitative estimate of drug-likeness (QED) is 0.403. The first-order valence-corrected chi connectivity index (χ1v) is 13.5. The van der Waals surface area contributed by atoms with E-state index in [2.05, 4.69) is 51.1 Å². The molecule has 1 rings (SSSR count). The number of carbonyl (C=O) groups excluding carboxylic acids is 1. The fourth-order valence-corrected chi connectivity index (χ4v) is 2.02. The first-order chi connectivity index (χ1) is 10.6. The highest BCUT2D eigenvalue weighted by atomic mass is 128. The molecule has 0 amide bonds. The van der Waals surface area contributed by atoms with Gasteiger partial charge in [0, 0.05) is 42.8 Å². The topological polar surface area (TPSA) is 80.4 Å². The maximum Gasteiger partial charge on any atom is 0.336 e. The van der Waals surface area contributed by atoms with Crippen molar-refractivity contribution in [2.45, 2.75) is 48.5 Å². The summed E-state index contributed by atoms with van der Waals surface area (Å²) in [6, 6.07) is 0. The van der Waals surface area contributed by atoms with Crippen molar-refractivity contribution in [2.24, 2.45) is 11.7 Å². The van der Waals surface area contributed by atoms with Crippen molar-refractivity contribution in [3.63, 3.8) is 0 Å². The van der Waals surface area contributed by atoms with Crippen LogP contribution in [0.25, 0.3) is 0 Å². The summed E-state index contributed by atoms with van der Waals surface area (Å²) in [7, 11) is 0. The molecule has 3 N–H and O–H groups in total. The lowest BCUT2D eigenvalue weighted by atomic mass is 9.87. The van der Waals surface area contributed by atoms with E-state index in [4.69, 9.17) is 5.73 Å². The van der Waals surface area contributed by atoms with Crippen molar-refractivity contribution in [2.75, 3.05) is 6.54 Å². The van der Waals surface area contributed by atoms with Crippen LogP contribution in [0.5, 0.6) is 0 Å². The fraction of sp³-hybridized carbons (Fsp3) is 0.529. The van der Waals surface area contributed by atoms with Crippen LogP contribution < -0.4 is 5.73 Å². The molecule has 0 atom stereocenters. The number of carboxylic acid groups (broad SMARTS) is 1. The minimum atomic E-state index is -1.03. The molecule has 0 bridgehead atoms. The molecule has 4 nitrogen and oxygen atoms in total. The summed E-state index contributed by atoms with van der Waals surface area (Å²) in [4.78, 5) is 22.8. The molecule has 132 valence electrons. The molecule has 0 aliphatic rings. The summed E-state index contributed by atoms with van der Waals surface area (Å²) in [6.45, 7) is 13.7. The van der Waals surface area contributed by atoms with Gasteiger partial charge in [0.15, 0.2) is 5.78 Å². The molecular weight excluding hydrogens is 520 g/mol. The third-order valence-electron chi connectivity index (χ3n) is 3.72. The zero-order valence-corrected chi connectivity index (χ0v) is 19.2. The Hall–Kier alpha value is -0.220. The molecule has 0 aliphatic heterocycles. The van der Waals surface area contributed by atoms with Gasteiger partial charge in [-0.05, 0) is 69.3 Å². The highest BCUT2D eigenvalue weighted by Gasteiger charge is 2.22. The molecular formula is C17H27I2NO3. The van der Waals surface area contributed by atoms with Gasteiger partial charge in [0.1, 0.15) is 0 Å². The predicted molar refractivity (Wildman–Crippen MR) is 114 cm³/mol. The minimum absolute atomic E-state index is 0.146. The van der Waals surface area contributed by atoms with E-state index in [0.29, 0.717) is 17.0 Å². The van der Waals surface area contributed by atoms with Gasteiger partial charge in [0.25, 0.3) is 0 Å². The number of rotatable bonds is 3. The Kier molecular flexibility index (Phi) is 13.3. The number of carboxylic acids is 1. The van der Waals surface area contributed by atoms with E-state index in [1.54, 1.807) is 13.8 Å².